The minimum absolute atomic E-state index is 0.618. The molecule has 0 radical (unpaired) electrons. The topological polar surface area (TPSA) is 28.2 Å². The van der Waals surface area contributed by atoms with Crippen LogP contribution in [0.3, 0.4) is 0 Å². The van der Waals surface area contributed by atoms with Gasteiger partial charge in [-0.2, -0.15) is 0 Å². The van der Waals surface area contributed by atoms with E-state index in [0.29, 0.717) is 6.04 Å². The zero-order valence-electron chi connectivity index (χ0n) is 11.9. The molecule has 0 aliphatic carbocycles. The van der Waals surface area contributed by atoms with Crippen molar-refractivity contribution in [2.24, 2.45) is 5.92 Å². The SMILES string of the molecule is CCC(C)C1CN(Cc2cncc(Br)c2)CCCN1. The lowest BCUT2D eigenvalue weighted by Crippen LogP contribution is -2.41. The summed E-state index contributed by atoms with van der Waals surface area (Å²) in [6.45, 7) is 9.08. The van der Waals surface area contributed by atoms with Crippen LogP contribution in [0.1, 0.15) is 32.3 Å². The lowest BCUT2D eigenvalue weighted by Gasteiger charge is -2.28. The molecule has 1 aromatic heterocycles. The number of pyridine rings is 1. The van der Waals surface area contributed by atoms with E-state index in [1.165, 1.54) is 24.9 Å². The van der Waals surface area contributed by atoms with Crippen LogP contribution in [0.2, 0.25) is 0 Å². The second-order valence-electron chi connectivity index (χ2n) is 5.55. The van der Waals surface area contributed by atoms with Gasteiger partial charge in [-0.05, 0) is 53.0 Å². The molecule has 19 heavy (non-hydrogen) atoms. The van der Waals surface area contributed by atoms with E-state index >= 15 is 0 Å². The van der Waals surface area contributed by atoms with Crippen molar-refractivity contribution in [1.82, 2.24) is 15.2 Å². The molecular weight excluding hydrogens is 302 g/mol. The van der Waals surface area contributed by atoms with Gasteiger partial charge in [0.1, 0.15) is 0 Å². The Bertz CT molecular complexity index is 397. The second-order valence-corrected chi connectivity index (χ2v) is 6.46. The average molecular weight is 326 g/mol. The number of nitrogens with zero attached hydrogens (tertiary/aromatic N) is 2. The van der Waals surface area contributed by atoms with Gasteiger partial charge in [-0.15, -0.1) is 0 Å². The van der Waals surface area contributed by atoms with E-state index in [0.717, 1.165) is 30.0 Å². The summed E-state index contributed by atoms with van der Waals surface area (Å²) < 4.78 is 1.07. The van der Waals surface area contributed by atoms with Crippen molar-refractivity contribution in [3.05, 3.63) is 28.5 Å². The van der Waals surface area contributed by atoms with Gasteiger partial charge in [0.15, 0.2) is 0 Å². The van der Waals surface area contributed by atoms with Crippen LogP contribution < -0.4 is 5.32 Å². The Kier molecular flexibility index (Phi) is 5.79. The fourth-order valence-electron chi connectivity index (χ4n) is 2.63. The fourth-order valence-corrected chi connectivity index (χ4v) is 3.05. The Balaban J connectivity index is 1.98. The summed E-state index contributed by atoms with van der Waals surface area (Å²) in [5.41, 5.74) is 1.29. The molecule has 2 heterocycles. The molecule has 1 aliphatic rings. The molecule has 1 fully saturated rings. The average Bonchev–Trinajstić information content (AvgIpc) is 2.63. The van der Waals surface area contributed by atoms with Crippen LogP contribution in [0.15, 0.2) is 22.9 Å². The monoisotopic (exact) mass is 325 g/mol. The minimum Gasteiger partial charge on any atom is -0.312 e. The highest BCUT2D eigenvalue weighted by Crippen LogP contribution is 2.16. The van der Waals surface area contributed by atoms with Crippen molar-refractivity contribution < 1.29 is 0 Å². The molecule has 2 atom stereocenters. The molecular formula is C15H24BrN3. The van der Waals surface area contributed by atoms with E-state index in [-0.39, 0.29) is 0 Å². The fraction of sp³-hybridized carbons (Fsp3) is 0.667. The maximum atomic E-state index is 4.25. The molecule has 0 aromatic carbocycles. The Morgan fingerprint density at radius 3 is 3.11 bits per heavy atom. The van der Waals surface area contributed by atoms with Gasteiger partial charge in [-0.25, -0.2) is 0 Å². The van der Waals surface area contributed by atoms with Crippen LogP contribution in [0.5, 0.6) is 0 Å². The lowest BCUT2D eigenvalue weighted by atomic mass is 9.99. The summed E-state index contributed by atoms with van der Waals surface area (Å²) in [5, 5.41) is 3.69. The summed E-state index contributed by atoms with van der Waals surface area (Å²) >= 11 is 3.50. The Labute approximate surface area is 124 Å². The van der Waals surface area contributed by atoms with Crippen LogP contribution in [0.4, 0.5) is 0 Å². The molecule has 1 aliphatic heterocycles. The maximum absolute atomic E-state index is 4.25. The van der Waals surface area contributed by atoms with Crippen molar-refractivity contribution in [3.63, 3.8) is 0 Å². The molecule has 0 amide bonds. The number of halogens is 1. The molecule has 4 heteroatoms. The van der Waals surface area contributed by atoms with Crippen LogP contribution >= 0.6 is 15.9 Å². The number of aromatic nitrogens is 1. The van der Waals surface area contributed by atoms with E-state index in [9.17, 15) is 0 Å². The highest BCUT2D eigenvalue weighted by molar-refractivity contribution is 9.10. The first-order valence-electron chi connectivity index (χ1n) is 7.24. The highest BCUT2D eigenvalue weighted by atomic mass is 79.9. The standard InChI is InChI=1S/C15H24BrN3/c1-3-12(2)15-11-19(6-4-5-18-15)10-13-7-14(16)9-17-8-13/h7-9,12,15,18H,3-6,10-11H2,1-2H3. The third kappa shape index (κ3) is 4.55. The molecule has 2 unspecified atom stereocenters. The van der Waals surface area contributed by atoms with Crippen molar-refractivity contribution in [2.45, 2.75) is 39.3 Å². The predicted molar refractivity (Wildman–Crippen MR) is 83.1 cm³/mol. The summed E-state index contributed by atoms with van der Waals surface area (Å²) in [5.74, 6) is 0.737. The normalized spacial score (nSPS) is 23.0. The van der Waals surface area contributed by atoms with Gasteiger partial charge in [0.2, 0.25) is 0 Å². The molecule has 106 valence electrons. The van der Waals surface area contributed by atoms with Gasteiger partial charge in [-0.3, -0.25) is 9.88 Å². The quantitative estimate of drug-likeness (QED) is 0.922. The minimum atomic E-state index is 0.618. The summed E-state index contributed by atoms with van der Waals surface area (Å²) in [7, 11) is 0. The number of nitrogens with one attached hydrogen (secondary N) is 1. The zero-order valence-corrected chi connectivity index (χ0v) is 13.5. The first-order valence-corrected chi connectivity index (χ1v) is 8.03. The van der Waals surface area contributed by atoms with Gasteiger partial charge < -0.3 is 5.32 Å². The maximum Gasteiger partial charge on any atom is 0.0410 e. The molecule has 0 bridgehead atoms. The van der Waals surface area contributed by atoms with Crippen molar-refractivity contribution >= 4 is 15.9 Å². The second kappa shape index (κ2) is 7.36. The van der Waals surface area contributed by atoms with E-state index in [4.69, 9.17) is 0 Å². The summed E-state index contributed by atoms with van der Waals surface area (Å²) in [4.78, 5) is 6.81. The third-order valence-electron chi connectivity index (χ3n) is 4.01. The van der Waals surface area contributed by atoms with E-state index in [1.54, 1.807) is 0 Å². The van der Waals surface area contributed by atoms with Crippen molar-refractivity contribution in [3.8, 4) is 0 Å². The summed E-state index contributed by atoms with van der Waals surface area (Å²) in [6.07, 6.45) is 6.29. The molecule has 2 rings (SSSR count). The Morgan fingerprint density at radius 2 is 2.37 bits per heavy atom. The van der Waals surface area contributed by atoms with Crippen molar-refractivity contribution in [2.75, 3.05) is 19.6 Å². The molecule has 0 spiro atoms. The number of hydrogen-bond acceptors (Lipinski definition) is 3. The van der Waals surface area contributed by atoms with Crippen molar-refractivity contribution in [1.29, 1.82) is 0 Å². The van der Waals surface area contributed by atoms with Crippen LogP contribution in [0, 0.1) is 5.92 Å². The van der Waals surface area contributed by atoms with E-state index in [1.807, 2.05) is 12.4 Å². The van der Waals surface area contributed by atoms with Gasteiger partial charge in [0.05, 0.1) is 0 Å². The lowest BCUT2D eigenvalue weighted by molar-refractivity contribution is 0.231. The number of hydrogen-bond donors (Lipinski definition) is 1. The smallest absolute Gasteiger partial charge is 0.0410 e. The zero-order chi connectivity index (χ0) is 13.7. The van der Waals surface area contributed by atoms with Gasteiger partial charge in [0.25, 0.3) is 0 Å². The number of rotatable bonds is 4. The molecule has 1 N–H and O–H groups in total. The summed E-state index contributed by atoms with van der Waals surface area (Å²) in [6, 6.07) is 2.79. The van der Waals surface area contributed by atoms with Gasteiger partial charge in [-0.1, -0.05) is 20.3 Å². The molecule has 1 aromatic rings. The third-order valence-corrected chi connectivity index (χ3v) is 4.44. The van der Waals surface area contributed by atoms with Gasteiger partial charge in [0, 0.05) is 36.0 Å². The van der Waals surface area contributed by atoms with Gasteiger partial charge >= 0.3 is 0 Å². The Morgan fingerprint density at radius 1 is 1.53 bits per heavy atom. The first kappa shape index (κ1) is 14.9. The molecule has 1 saturated heterocycles. The van der Waals surface area contributed by atoms with Crippen LogP contribution in [-0.2, 0) is 6.54 Å². The molecule has 3 nitrogen and oxygen atoms in total. The Hall–Kier alpha value is -0.450. The van der Waals surface area contributed by atoms with E-state index in [2.05, 4.69) is 51.0 Å². The largest absolute Gasteiger partial charge is 0.312 e. The highest BCUT2D eigenvalue weighted by Gasteiger charge is 2.21. The predicted octanol–water partition coefficient (Wildman–Crippen LogP) is 3.05. The molecule has 0 saturated carbocycles. The van der Waals surface area contributed by atoms with E-state index < -0.39 is 0 Å². The van der Waals surface area contributed by atoms with Crippen LogP contribution in [-0.4, -0.2) is 35.6 Å². The first-order chi connectivity index (χ1) is 9.19. The van der Waals surface area contributed by atoms with Crippen LogP contribution in [0.25, 0.3) is 0 Å².